The molecule has 4 nitrogen and oxygen atoms in total. The molecule has 1 fully saturated rings. The van der Waals surface area contributed by atoms with Gasteiger partial charge in [-0.1, -0.05) is 30.0 Å². The van der Waals surface area contributed by atoms with Gasteiger partial charge in [-0.25, -0.2) is 9.79 Å². The molecule has 5 heteroatoms. The Morgan fingerprint density at radius 3 is 2.62 bits per heavy atom. The number of aliphatic imine (C=N–C) groups is 1. The van der Waals surface area contributed by atoms with Crippen LogP contribution < -0.4 is 0 Å². The molecule has 2 aliphatic rings. The Balaban J connectivity index is 1.87. The number of rotatable bonds is 1. The summed E-state index contributed by atoms with van der Waals surface area (Å²) in [5.41, 5.74) is 2.16. The summed E-state index contributed by atoms with van der Waals surface area (Å²) in [5, 5.41) is 9.28. The zero-order valence-electron chi connectivity index (χ0n) is 13.2. The van der Waals surface area contributed by atoms with E-state index in [-0.39, 0.29) is 5.56 Å². The van der Waals surface area contributed by atoms with Crippen LogP contribution in [0.5, 0.6) is 0 Å². The van der Waals surface area contributed by atoms with Gasteiger partial charge in [-0.15, -0.1) is 0 Å². The number of amidine groups is 1. The standard InChI is InChI=1S/C19H18N2O2S/c22-19(23)13-8-9-17-15(12-13)20-18(21-10-4-1-5-11-21)14-6-2-3-7-16(14)24-17/h2-3,6-9,12H,1,4-5,10-11H2,(H,22,23). The number of benzene rings is 2. The Hall–Kier alpha value is -2.27. The lowest BCUT2D eigenvalue weighted by Gasteiger charge is -2.30. The molecular weight excluding hydrogens is 320 g/mol. The molecule has 24 heavy (non-hydrogen) atoms. The summed E-state index contributed by atoms with van der Waals surface area (Å²) in [6.07, 6.45) is 3.62. The van der Waals surface area contributed by atoms with E-state index in [1.807, 2.05) is 18.2 Å². The van der Waals surface area contributed by atoms with Crippen LogP contribution in [-0.2, 0) is 0 Å². The van der Waals surface area contributed by atoms with Crippen LogP contribution in [-0.4, -0.2) is 34.9 Å². The van der Waals surface area contributed by atoms with Gasteiger partial charge in [0.25, 0.3) is 0 Å². The highest BCUT2D eigenvalue weighted by Crippen LogP contribution is 2.41. The highest BCUT2D eigenvalue weighted by molar-refractivity contribution is 7.99. The SMILES string of the molecule is O=C(O)c1ccc2c(c1)N=C(N1CCCCC1)c1ccccc1S2. The van der Waals surface area contributed by atoms with Crippen LogP contribution in [0.25, 0.3) is 0 Å². The predicted molar refractivity (Wildman–Crippen MR) is 95.6 cm³/mol. The van der Waals surface area contributed by atoms with Gasteiger partial charge in [0.05, 0.1) is 11.3 Å². The summed E-state index contributed by atoms with van der Waals surface area (Å²) in [6, 6.07) is 13.5. The average molecular weight is 338 g/mol. The van der Waals surface area contributed by atoms with Crippen molar-refractivity contribution >= 4 is 29.3 Å². The van der Waals surface area contributed by atoms with Crippen LogP contribution in [0.15, 0.2) is 57.2 Å². The monoisotopic (exact) mass is 338 g/mol. The van der Waals surface area contributed by atoms with E-state index in [9.17, 15) is 9.90 Å². The van der Waals surface area contributed by atoms with Crippen molar-refractivity contribution in [1.29, 1.82) is 0 Å². The maximum Gasteiger partial charge on any atom is 0.335 e. The number of nitrogens with zero attached hydrogens (tertiary/aromatic N) is 2. The first-order chi connectivity index (χ1) is 11.7. The molecule has 0 spiro atoms. The number of fused-ring (bicyclic) bond motifs is 2. The van der Waals surface area contributed by atoms with Gasteiger partial charge in [-0.3, -0.25) is 0 Å². The van der Waals surface area contributed by atoms with Crippen molar-refractivity contribution in [1.82, 2.24) is 4.90 Å². The normalized spacial score (nSPS) is 16.7. The Kier molecular flexibility index (Phi) is 4.02. The fraction of sp³-hybridized carbons (Fsp3) is 0.263. The summed E-state index contributed by atoms with van der Waals surface area (Å²) < 4.78 is 0. The molecule has 0 radical (unpaired) electrons. The molecule has 2 aromatic carbocycles. The van der Waals surface area contributed by atoms with Crippen molar-refractivity contribution < 1.29 is 9.90 Å². The van der Waals surface area contributed by atoms with Gasteiger partial charge >= 0.3 is 5.97 Å². The summed E-state index contributed by atoms with van der Waals surface area (Å²) >= 11 is 1.66. The van der Waals surface area contributed by atoms with Crippen molar-refractivity contribution in [3.63, 3.8) is 0 Å². The molecule has 122 valence electrons. The van der Waals surface area contributed by atoms with Crippen molar-refractivity contribution in [3.8, 4) is 0 Å². The first-order valence-electron chi connectivity index (χ1n) is 8.20. The lowest BCUT2D eigenvalue weighted by molar-refractivity contribution is 0.0697. The first-order valence-corrected chi connectivity index (χ1v) is 9.02. The van der Waals surface area contributed by atoms with Gasteiger partial charge in [0.2, 0.25) is 0 Å². The Morgan fingerprint density at radius 1 is 1.04 bits per heavy atom. The molecule has 0 amide bonds. The number of carboxylic acid groups (broad SMARTS) is 1. The zero-order valence-corrected chi connectivity index (χ0v) is 14.1. The minimum Gasteiger partial charge on any atom is -0.478 e. The zero-order chi connectivity index (χ0) is 16.5. The fourth-order valence-electron chi connectivity index (χ4n) is 3.20. The molecule has 0 aromatic heterocycles. The minimum absolute atomic E-state index is 0.280. The van der Waals surface area contributed by atoms with Crippen LogP contribution in [0.4, 0.5) is 5.69 Å². The maximum atomic E-state index is 11.3. The van der Waals surface area contributed by atoms with Gasteiger partial charge in [-0.05, 0) is 43.5 Å². The second-order valence-corrected chi connectivity index (χ2v) is 7.15. The van der Waals surface area contributed by atoms with Gasteiger partial charge in [0.15, 0.2) is 0 Å². The molecule has 4 rings (SSSR count). The summed E-state index contributed by atoms with van der Waals surface area (Å²) in [4.78, 5) is 20.7. The number of aromatic carboxylic acids is 1. The second-order valence-electron chi connectivity index (χ2n) is 6.07. The molecular formula is C19H18N2O2S. The van der Waals surface area contributed by atoms with E-state index >= 15 is 0 Å². The van der Waals surface area contributed by atoms with E-state index in [4.69, 9.17) is 4.99 Å². The Morgan fingerprint density at radius 2 is 1.83 bits per heavy atom. The summed E-state index contributed by atoms with van der Waals surface area (Å²) in [5.74, 6) is 0.0540. The number of likely N-dealkylation sites (tertiary alicyclic amines) is 1. The number of hydrogen-bond acceptors (Lipinski definition) is 4. The third-order valence-electron chi connectivity index (χ3n) is 4.44. The third-order valence-corrected chi connectivity index (χ3v) is 5.58. The number of piperidine rings is 1. The molecule has 0 atom stereocenters. The van der Waals surface area contributed by atoms with Crippen molar-refractivity contribution in [2.75, 3.05) is 13.1 Å². The van der Waals surface area contributed by atoms with Crippen molar-refractivity contribution in [3.05, 3.63) is 53.6 Å². The number of carbonyl (C=O) groups is 1. The fourth-order valence-corrected chi connectivity index (χ4v) is 4.20. The van der Waals surface area contributed by atoms with E-state index in [1.54, 1.807) is 23.9 Å². The quantitative estimate of drug-likeness (QED) is 0.836. The predicted octanol–water partition coefficient (Wildman–Crippen LogP) is 4.41. The van der Waals surface area contributed by atoms with Crippen molar-refractivity contribution in [2.45, 2.75) is 29.1 Å². The lowest BCUT2D eigenvalue weighted by atomic mass is 10.1. The second kappa shape index (κ2) is 6.32. The van der Waals surface area contributed by atoms with Gasteiger partial charge < -0.3 is 10.0 Å². The Bertz CT molecular complexity index is 826. The van der Waals surface area contributed by atoms with Crippen LogP contribution in [0.1, 0.15) is 35.2 Å². The molecule has 2 aliphatic heterocycles. The van der Waals surface area contributed by atoms with E-state index < -0.39 is 5.97 Å². The van der Waals surface area contributed by atoms with Crippen LogP contribution in [0, 0.1) is 0 Å². The first kappa shape index (κ1) is 15.3. The van der Waals surface area contributed by atoms with E-state index in [0.29, 0.717) is 0 Å². The smallest absolute Gasteiger partial charge is 0.335 e. The van der Waals surface area contributed by atoms with E-state index in [1.165, 1.54) is 24.2 Å². The number of hydrogen-bond donors (Lipinski definition) is 1. The minimum atomic E-state index is -0.917. The highest BCUT2D eigenvalue weighted by atomic mass is 32.2. The summed E-state index contributed by atoms with van der Waals surface area (Å²) in [6.45, 7) is 2.01. The molecule has 0 aliphatic carbocycles. The Labute approximate surface area is 145 Å². The van der Waals surface area contributed by atoms with E-state index in [0.717, 1.165) is 35.1 Å². The van der Waals surface area contributed by atoms with Crippen LogP contribution in [0.2, 0.25) is 0 Å². The van der Waals surface area contributed by atoms with Crippen LogP contribution >= 0.6 is 11.8 Å². The summed E-state index contributed by atoms with van der Waals surface area (Å²) in [7, 11) is 0. The molecule has 0 bridgehead atoms. The molecule has 0 unspecified atom stereocenters. The van der Waals surface area contributed by atoms with Gasteiger partial charge in [0, 0.05) is 28.4 Å². The topological polar surface area (TPSA) is 52.9 Å². The third kappa shape index (κ3) is 2.80. The molecule has 1 saturated heterocycles. The van der Waals surface area contributed by atoms with E-state index in [2.05, 4.69) is 17.0 Å². The lowest BCUT2D eigenvalue weighted by Crippen LogP contribution is -2.36. The van der Waals surface area contributed by atoms with Gasteiger partial charge in [0.1, 0.15) is 5.84 Å². The largest absolute Gasteiger partial charge is 0.478 e. The number of carboxylic acids is 1. The molecule has 2 heterocycles. The maximum absolute atomic E-state index is 11.3. The highest BCUT2D eigenvalue weighted by Gasteiger charge is 2.23. The molecule has 0 saturated carbocycles. The van der Waals surface area contributed by atoms with Gasteiger partial charge in [-0.2, -0.15) is 0 Å². The molecule has 1 N–H and O–H groups in total. The molecule has 2 aromatic rings. The van der Waals surface area contributed by atoms with Crippen LogP contribution in [0.3, 0.4) is 0 Å². The van der Waals surface area contributed by atoms with Crippen molar-refractivity contribution in [2.24, 2.45) is 4.99 Å². The average Bonchev–Trinajstić information content (AvgIpc) is 2.78.